The van der Waals surface area contributed by atoms with Crippen LogP contribution in [0, 0.1) is 3.57 Å². The zero-order chi connectivity index (χ0) is 11.0. The highest BCUT2D eigenvalue weighted by molar-refractivity contribution is 14.1. The van der Waals surface area contributed by atoms with Crippen molar-refractivity contribution in [2.75, 3.05) is 0 Å². The van der Waals surface area contributed by atoms with Crippen molar-refractivity contribution in [1.82, 2.24) is 9.61 Å². The van der Waals surface area contributed by atoms with E-state index in [-0.39, 0.29) is 0 Å². The zero-order valence-corrected chi connectivity index (χ0v) is 10.6. The molecule has 0 N–H and O–H groups in total. The minimum absolute atomic E-state index is 1.02. The first-order chi connectivity index (χ1) is 7.83. The second kappa shape index (κ2) is 3.90. The molecular formula is C13H9IN2. The van der Waals surface area contributed by atoms with Crippen molar-refractivity contribution in [3.8, 4) is 11.3 Å². The molecule has 3 heteroatoms. The highest BCUT2D eigenvalue weighted by Gasteiger charge is 2.03. The fourth-order valence-corrected chi connectivity index (χ4v) is 2.16. The first-order valence-corrected chi connectivity index (χ1v) is 6.11. The standard InChI is InChI=1S/C13H9IN2/c14-11-6-7-12-8-13(15-16(12)9-11)10-4-2-1-3-5-10/h1-9H. The molecule has 0 saturated carbocycles. The summed E-state index contributed by atoms with van der Waals surface area (Å²) in [6.45, 7) is 0. The Balaban J connectivity index is 2.19. The summed E-state index contributed by atoms with van der Waals surface area (Å²) in [4.78, 5) is 0. The molecule has 1 aromatic carbocycles. The molecular weight excluding hydrogens is 311 g/mol. The highest BCUT2D eigenvalue weighted by atomic mass is 127. The van der Waals surface area contributed by atoms with E-state index in [1.54, 1.807) is 0 Å². The number of aromatic nitrogens is 2. The maximum Gasteiger partial charge on any atom is 0.0933 e. The van der Waals surface area contributed by atoms with E-state index in [0.29, 0.717) is 0 Å². The quantitative estimate of drug-likeness (QED) is 0.626. The fraction of sp³-hybridized carbons (Fsp3) is 0. The van der Waals surface area contributed by atoms with Gasteiger partial charge in [-0.05, 0) is 40.8 Å². The van der Waals surface area contributed by atoms with Crippen LogP contribution in [0.5, 0.6) is 0 Å². The number of rotatable bonds is 1. The molecule has 0 saturated heterocycles. The van der Waals surface area contributed by atoms with Gasteiger partial charge in [-0.1, -0.05) is 30.3 Å². The average Bonchev–Trinajstić information content (AvgIpc) is 2.73. The Morgan fingerprint density at radius 3 is 2.62 bits per heavy atom. The number of hydrogen-bond acceptors (Lipinski definition) is 1. The van der Waals surface area contributed by atoms with Gasteiger partial charge < -0.3 is 0 Å². The molecule has 2 aromatic heterocycles. The number of benzene rings is 1. The molecule has 3 rings (SSSR count). The molecule has 78 valence electrons. The topological polar surface area (TPSA) is 17.3 Å². The van der Waals surface area contributed by atoms with Gasteiger partial charge in [0, 0.05) is 15.3 Å². The second-order valence-electron chi connectivity index (χ2n) is 3.61. The Morgan fingerprint density at radius 2 is 1.81 bits per heavy atom. The molecule has 0 aliphatic heterocycles. The van der Waals surface area contributed by atoms with E-state index >= 15 is 0 Å². The third kappa shape index (κ3) is 1.71. The molecule has 0 unspecified atom stereocenters. The third-order valence-electron chi connectivity index (χ3n) is 2.49. The number of hydrogen-bond donors (Lipinski definition) is 0. The van der Waals surface area contributed by atoms with Gasteiger partial charge in [0.2, 0.25) is 0 Å². The summed E-state index contributed by atoms with van der Waals surface area (Å²) in [6, 6.07) is 16.5. The van der Waals surface area contributed by atoms with Crippen LogP contribution in [-0.2, 0) is 0 Å². The first-order valence-electron chi connectivity index (χ1n) is 5.03. The van der Waals surface area contributed by atoms with Crippen LogP contribution in [0.2, 0.25) is 0 Å². The van der Waals surface area contributed by atoms with Gasteiger partial charge in [0.15, 0.2) is 0 Å². The molecule has 0 fully saturated rings. The van der Waals surface area contributed by atoms with Crippen LogP contribution in [0.4, 0.5) is 0 Å². The number of pyridine rings is 1. The lowest BCUT2D eigenvalue weighted by molar-refractivity contribution is 0.960. The maximum atomic E-state index is 4.56. The van der Waals surface area contributed by atoms with Crippen LogP contribution in [0.1, 0.15) is 0 Å². The molecule has 16 heavy (non-hydrogen) atoms. The van der Waals surface area contributed by atoms with Gasteiger partial charge in [-0.2, -0.15) is 5.10 Å². The van der Waals surface area contributed by atoms with Crippen molar-refractivity contribution < 1.29 is 0 Å². The molecule has 0 atom stereocenters. The van der Waals surface area contributed by atoms with E-state index in [4.69, 9.17) is 0 Å². The third-order valence-corrected chi connectivity index (χ3v) is 3.13. The Labute approximate surface area is 107 Å². The molecule has 3 aromatic rings. The van der Waals surface area contributed by atoms with E-state index in [2.05, 4.69) is 58.0 Å². The van der Waals surface area contributed by atoms with Gasteiger partial charge in [0.25, 0.3) is 0 Å². The molecule has 0 bridgehead atoms. The summed E-state index contributed by atoms with van der Waals surface area (Å²) < 4.78 is 3.11. The average molecular weight is 320 g/mol. The normalized spacial score (nSPS) is 10.8. The van der Waals surface area contributed by atoms with Crippen LogP contribution < -0.4 is 0 Å². The van der Waals surface area contributed by atoms with Crippen molar-refractivity contribution in [3.63, 3.8) is 0 Å². The van der Waals surface area contributed by atoms with E-state index in [1.807, 2.05) is 28.9 Å². The summed E-state index contributed by atoms with van der Waals surface area (Å²) in [5.41, 5.74) is 3.29. The van der Waals surface area contributed by atoms with Gasteiger partial charge in [0.05, 0.1) is 11.2 Å². The monoisotopic (exact) mass is 320 g/mol. The molecule has 2 heterocycles. The fourth-order valence-electron chi connectivity index (χ4n) is 1.71. The minimum atomic E-state index is 1.02. The molecule has 0 spiro atoms. The lowest BCUT2D eigenvalue weighted by atomic mass is 10.1. The van der Waals surface area contributed by atoms with E-state index in [1.165, 1.54) is 3.57 Å². The van der Waals surface area contributed by atoms with Crippen molar-refractivity contribution >= 4 is 28.1 Å². The predicted molar refractivity (Wildman–Crippen MR) is 73.3 cm³/mol. The summed E-state index contributed by atoms with van der Waals surface area (Å²) in [6.07, 6.45) is 2.03. The van der Waals surface area contributed by atoms with Crippen LogP contribution in [0.15, 0.2) is 54.7 Å². The zero-order valence-electron chi connectivity index (χ0n) is 8.47. The Hall–Kier alpha value is -1.36. The summed E-state index contributed by atoms with van der Waals surface area (Å²) in [5, 5.41) is 4.56. The summed E-state index contributed by atoms with van der Waals surface area (Å²) in [5.74, 6) is 0. The molecule has 0 amide bonds. The van der Waals surface area contributed by atoms with Gasteiger partial charge >= 0.3 is 0 Å². The van der Waals surface area contributed by atoms with Crippen LogP contribution in [-0.4, -0.2) is 9.61 Å². The van der Waals surface area contributed by atoms with Crippen LogP contribution >= 0.6 is 22.6 Å². The first kappa shape index (κ1) is 9.84. The number of halogens is 1. The molecule has 0 aliphatic carbocycles. The van der Waals surface area contributed by atoms with E-state index < -0.39 is 0 Å². The molecule has 0 aliphatic rings. The Bertz CT molecular complexity index is 629. The van der Waals surface area contributed by atoms with Crippen molar-refractivity contribution in [1.29, 1.82) is 0 Å². The number of nitrogens with zero attached hydrogens (tertiary/aromatic N) is 2. The lowest BCUT2D eigenvalue weighted by Crippen LogP contribution is -1.87. The lowest BCUT2D eigenvalue weighted by Gasteiger charge is -1.93. The second-order valence-corrected chi connectivity index (χ2v) is 4.86. The van der Waals surface area contributed by atoms with Gasteiger partial charge in [-0.3, -0.25) is 0 Å². The van der Waals surface area contributed by atoms with Gasteiger partial charge in [0.1, 0.15) is 0 Å². The van der Waals surface area contributed by atoms with E-state index in [9.17, 15) is 0 Å². The van der Waals surface area contributed by atoms with Gasteiger partial charge in [-0.25, -0.2) is 4.52 Å². The van der Waals surface area contributed by atoms with Crippen LogP contribution in [0.3, 0.4) is 0 Å². The van der Waals surface area contributed by atoms with Gasteiger partial charge in [-0.15, -0.1) is 0 Å². The highest BCUT2D eigenvalue weighted by Crippen LogP contribution is 2.19. The Kier molecular flexibility index (Phi) is 2.40. The summed E-state index contributed by atoms with van der Waals surface area (Å²) in [7, 11) is 0. The van der Waals surface area contributed by atoms with Crippen LogP contribution in [0.25, 0.3) is 16.8 Å². The maximum absolute atomic E-state index is 4.56. The largest absolute Gasteiger partial charge is 0.239 e. The van der Waals surface area contributed by atoms with E-state index in [0.717, 1.165) is 16.8 Å². The minimum Gasteiger partial charge on any atom is -0.239 e. The summed E-state index contributed by atoms with van der Waals surface area (Å²) >= 11 is 2.29. The molecule has 0 radical (unpaired) electrons. The SMILES string of the molecule is Ic1ccc2cc(-c3ccccc3)nn2c1. The van der Waals surface area contributed by atoms with Crippen molar-refractivity contribution in [3.05, 3.63) is 58.3 Å². The predicted octanol–water partition coefficient (Wildman–Crippen LogP) is 3.61. The van der Waals surface area contributed by atoms with Crippen molar-refractivity contribution in [2.24, 2.45) is 0 Å². The molecule has 2 nitrogen and oxygen atoms in total. The number of fused-ring (bicyclic) bond motifs is 1. The Morgan fingerprint density at radius 1 is 1.00 bits per heavy atom. The smallest absolute Gasteiger partial charge is 0.0933 e. The van der Waals surface area contributed by atoms with Crippen molar-refractivity contribution in [2.45, 2.75) is 0 Å².